The topological polar surface area (TPSA) is 50.1 Å². The highest BCUT2D eigenvalue weighted by Gasteiger charge is 2.19. The predicted octanol–water partition coefficient (Wildman–Crippen LogP) is 2.66. The van der Waals surface area contributed by atoms with Crippen LogP contribution in [0.2, 0.25) is 0 Å². The van der Waals surface area contributed by atoms with E-state index in [0.717, 1.165) is 25.7 Å². The van der Waals surface area contributed by atoms with Crippen LogP contribution in [0, 0.1) is 11.3 Å². The van der Waals surface area contributed by atoms with E-state index in [1.807, 2.05) is 6.07 Å². The number of hydrogen-bond acceptors (Lipinski definition) is 3. The van der Waals surface area contributed by atoms with Crippen LogP contribution in [0.25, 0.3) is 0 Å². The fourth-order valence-corrected chi connectivity index (χ4v) is 1.91. The molecule has 1 saturated carbocycles. The van der Waals surface area contributed by atoms with Crippen molar-refractivity contribution in [3.05, 3.63) is 35.4 Å². The van der Waals surface area contributed by atoms with Crippen LogP contribution < -0.4 is 0 Å². The van der Waals surface area contributed by atoms with E-state index in [4.69, 9.17) is 10.00 Å². The molecule has 0 aromatic heterocycles. The van der Waals surface area contributed by atoms with E-state index in [1.165, 1.54) is 0 Å². The van der Waals surface area contributed by atoms with Gasteiger partial charge in [-0.15, -0.1) is 0 Å². The molecule has 0 unspecified atom stereocenters. The van der Waals surface area contributed by atoms with Crippen LogP contribution in [0.4, 0.5) is 0 Å². The van der Waals surface area contributed by atoms with Crippen LogP contribution >= 0.6 is 0 Å². The third-order valence-electron chi connectivity index (χ3n) is 2.83. The number of nitriles is 1. The van der Waals surface area contributed by atoms with Crippen molar-refractivity contribution in [1.82, 2.24) is 0 Å². The van der Waals surface area contributed by atoms with Gasteiger partial charge in [0.15, 0.2) is 0 Å². The maximum absolute atomic E-state index is 11.7. The van der Waals surface area contributed by atoms with Crippen molar-refractivity contribution in [2.75, 3.05) is 0 Å². The minimum atomic E-state index is -0.281. The summed E-state index contributed by atoms with van der Waals surface area (Å²) in [4.78, 5) is 11.7. The van der Waals surface area contributed by atoms with Gasteiger partial charge in [0, 0.05) is 0 Å². The summed E-state index contributed by atoms with van der Waals surface area (Å²) in [6, 6.07) is 8.54. The minimum Gasteiger partial charge on any atom is -0.459 e. The fraction of sp³-hybridized carbons (Fsp3) is 0.385. The molecule has 0 heterocycles. The molecule has 0 aliphatic heterocycles. The van der Waals surface area contributed by atoms with E-state index in [-0.39, 0.29) is 12.1 Å². The molecular weight excluding hydrogens is 202 g/mol. The SMILES string of the molecule is N#Cc1ccc(C(=O)OC2CCCC2)cc1. The predicted molar refractivity (Wildman–Crippen MR) is 58.8 cm³/mol. The van der Waals surface area contributed by atoms with Gasteiger partial charge in [-0.25, -0.2) is 4.79 Å². The van der Waals surface area contributed by atoms with Gasteiger partial charge in [0.05, 0.1) is 17.2 Å². The Morgan fingerprint density at radius 3 is 2.44 bits per heavy atom. The lowest BCUT2D eigenvalue weighted by Crippen LogP contribution is -2.14. The first-order valence-corrected chi connectivity index (χ1v) is 5.51. The van der Waals surface area contributed by atoms with Gasteiger partial charge in [0.25, 0.3) is 0 Å². The summed E-state index contributed by atoms with van der Waals surface area (Å²) in [5.74, 6) is -0.281. The van der Waals surface area contributed by atoms with E-state index in [2.05, 4.69) is 0 Å². The Morgan fingerprint density at radius 1 is 1.25 bits per heavy atom. The van der Waals surface area contributed by atoms with Crippen LogP contribution in [0.5, 0.6) is 0 Å². The first-order chi connectivity index (χ1) is 7.79. The molecule has 2 rings (SSSR count). The highest BCUT2D eigenvalue weighted by Crippen LogP contribution is 2.22. The van der Waals surface area contributed by atoms with Gasteiger partial charge in [-0.1, -0.05) is 0 Å². The maximum atomic E-state index is 11.7. The number of nitrogens with zero attached hydrogens (tertiary/aromatic N) is 1. The quantitative estimate of drug-likeness (QED) is 0.712. The molecular formula is C13H13NO2. The number of carbonyl (C=O) groups is 1. The smallest absolute Gasteiger partial charge is 0.338 e. The zero-order chi connectivity index (χ0) is 11.4. The van der Waals surface area contributed by atoms with Crippen LogP contribution in [-0.4, -0.2) is 12.1 Å². The summed E-state index contributed by atoms with van der Waals surface area (Å²) in [7, 11) is 0. The molecule has 0 amide bonds. The van der Waals surface area contributed by atoms with Crippen molar-refractivity contribution in [2.45, 2.75) is 31.8 Å². The number of rotatable bonds is 2. The Balaban J connectivity index is 2.00. The molecule has 0 radical (unpaired) electrons. The molecule has 3 heteroatoms. The summed E-state index contributed by atoms with van der Waals surface area (Å²) in [5, 5.41) is 8.63. The largest absolute Gasteiger partial charge is 0.459 e. The Hall–Kier alpha value is -1.82. The van der Waals surface area contributed by atoms with Gasteiger partial charge >= 0.3 is 5.97 Å². The lowest BCUT2D eigenvalue weighted by molar-refractivity contribution is 0.0318. The van der Waals surface area contributed by atoms with Gasteiger partial charge in [0.2, 0.25) is 0 Å². The first kappa shape index (κ1) is 10.7. The van der Waals surface area contributed by atoms with Crippen molar-refractivity contribution in [2.24, 2.45) is 0 Å². The van der Waals surface area contributed by atoms with E-state index in [1.54, 1.807) is 24.3 Å². The summed E-state index contributed by atoms with van der Waals surface area (Å²) in [6.45, 7) is 0. The standard InChI is InChI=1S/C13H13NO2/c14-9-10-5-7-11(8-6-10)13(15)16-12-3-1-2-4-12/h5-8,12H,1-4H2. The molecule has 1 aliphatic rings. The zero-order valence-corrected chi connectivity index (χ0v) is 8.98. The van der Waals surface area contributed by atoms with Crippen LogP contribution in [0.15, 0.2) is 24.3 Å². The number of carbonyl (C=O) groups excluding carboxylic acids is 1. The molecule has 0 N–H and O–H groups in total. The van der Waals surface area contributed by atoms with Crippen molar-refractivity contribution < 1.29 is 9.53 Å². The van der Waals surface area contributed by atoms with E-state index >= 15 is 0 Å². The van der Waals surface area contributed by atoms with E-state index in [0.29, 0.717) is 11.1 Å². The van der Waals surface area contributed by atoms with Crippen LogP contribution in [-0.2, 0) is 4.74 Å². The number of hydrogen-bond donors (Lipinski definition) is 0. The third-order valence-corrected chi connectivity index (χ3v) is 2.83. The van der Waals surface area contributed by atoms with Gasteiger partial charge in [-0.05, 0) is 49.9 Å². The van der Waals surface area contributed by atoms with E-state index in [9.17, 15) is 4.79 Å². The monoisotopic (exact) mass is 215 g/mol. The molecule has 0 atom stereocenters. The average Bonchev–Trinajstić information content (AvgIpc) is 2.82. The van der Waals surface area contributed by atoms with E-state index < -0.39 is 0 Å². The zero-order valence-electron chi connectivity index (χ0n) is 8.98. The van der Waals surface area contributed by atoms with Gasteiger partial charge in [-0.3, -0.25) is 0 Å². The number of esters is 1. The summed E-state index contributed by atoms with van der Waals surface area (Å²) < 4.78 is 5.35. The maximum Gasteiger partial charge on any atom is 0.338 e. The van der Waals surface area contributed by atoms with Crippen molar-refractivity contribution in [1.29, 1.82) is 5.26 Å². The minimum absolute atomic E-state index is 0.0862. The van der Waals surface area contributed by atoms with Crippen LogP contribution in [0.1, 0.15) is 41.6 Å². The third kappa shape index (κ3) is 2.40. The molecule has 1 fully saturated rings. The molecule has 1 aromatic carbocycles. The Kier molecular flexibility index (Phi) is 3.21. The van der Waals surface area contributed by atoms with Gasteiger partial charge in [-0.2, -0.15) is 5.26 Å². The van der Waals surface area contributed by atoms with Crippen molar-refractivity contribution in [3.8, 4) is 6.07 Å². The molecule has 1 aliphatic carbocycles. The molecule has 0 bridgehead atoms. The molecule has 0 spiro atoms. The number of benzene rings is 1. The molecule has 1 aromatic rings. The first-order valence-electron chi connectivity index (χ1n) is 5.51. The lowest BCUT2D eigenvalue weighted by Gasteiger charge is -2.10. The Morgan fingerprint density at radius 2 is 1.88 bits per heavy atom. The average molecular weight is 215 g/mol. The second kappa shape index (κ2) is 4.80. The van der Waals surface area contributed by atoms with Gasteiger partial charge < -0.3 is 4.74 Å². The molecule has 82 valence electrons. The molecule has 0 saturated heterocycles. The number of ether oxygens (including phenoxy) is 1. The van der Waals surface area contributed by atoms with Gasteiger partial charge in [0.1, 0.15) is 6.10 Å². The summed E-state index contributed by atoms with van der Waals surface area (Å²) >= 11 is 0. The fourth-order valence-electron chi connectivity index (χ4n) is 1.91. The second-order valence-corrected chi connectivity index (χ2v) is 4.00. The Bertz CT molecular complexity index is 411. The summed E-state index contributed by atoms with van der Waals surface area (Å²) in [5.41, 5.74) is 1.07. The highest BCUT2D eigenvalue weighted by molar-refractivity contribution is 5.89. The highest BCUT2D eigenvalue weighted by atomic mass is 16.5. The lowest BCUT2D eigenvalue weighted by atomic mass is 10.1. The second-order valence-electron chi connectivity index (χ2n) is 4.00. The molecule has 3 nitrogen and oxygen atoms in total. The Labute approximate surface area is 94.6 Å². The van der Waals surface area contributed by atoms with Crippen LogP contribution in [0.3, 0.4) is 0 Å². The van der Waals surface area contributed by atoms with Crippen molar-refractivity contribution >= 4 is 5.97 Å². The summed E-state index contributed by atoms with van der Waals surface area (Å²) in [6.07, 6.45) is 4.32. The molecule has 16 heavy (non-hydrogen) atoms. The van der Waals surface area contributed by atoms with Crippen molar-refractivity contribution in [3.63, 3.8) is 0 Å². The normalized spacial score (nSPS) is 15.7.